The average molecular weight is 322 g/mol. The maximum absolute atomic E-state index is 5.56. The quantitative estimate of drug-likeness (QED) is 0.652. The number of rotatable bonds is 7. The Balaban J connectivity index is 1.95. The molecule has 0 spiro atoms. The lowest BCUT2D eigenvalue weighted by Gasteiger charge is -2.11. The molecule has 5 nitrogen and oxygen atoms in total. The standard InChI is InChI=1S/C19H22N4O/c1-24-15-8-6-14(7-9-15)17-13-18-16(5-4-12-21-18)19(23-17)22-11-3-2-10-20/h4-9,12-13H,2-3,10-11,20H2,1H3,(H,22,23). The number of nitrogens with two attached hydrogens (primary N) is 1. The first-order chi connectivity index (χ1) is 11.8. The van der Waals surface area contributed by atoms with Crippen molar-refractivity contribution < 1.29 is 4.74 Å². The number of aromatic nitrogens is 2. The van der Waals surface area contributed by atoms with Gasteiger partial charge in [-0.05, 0) is 61.9 Å². The molecule has 0 saturated carbocycles. The third kappa shape index (κ3) is 3.63. The van der Waals surface area contributed by atoms with Gasteiger partial charge in [0, 0.05) is 23.7 Å². The molecule has 0 aliphatic carbocycles. The second-order valence-corrected chi connectivity index (χ2v) is 5.58. The number of hydrogen-bond acceptors (Lipinski definition) is 5. The van der Waals surface area contributed by atoms with E-state index in [4.69, 9.17) is 15.5 Å². The van der Waals surface area contributed by atoms with Crippen molar-refractivity contribution in [1.29, 1.82) is 0 Å². The number of fused-ring (bicyclic) bond motifs is 1. The van der Waals surface area contributed by atoms with E-state index in [-0.39, 0.29) is 0 Å². The molecule has 24 heavy (non-hydrogen) atoms. The predicted molar refractivity (Wildman–Crippen MR) is 98.3 cm³/mol. The molecule has 1 aromatic carbocycles. The SMILES string of the molecule is COc1ccc(-c2cc3ncccc3c(NCCCCN)n2)cc1. The molecule has 0 bridgehead atoms. The topological polar surface area (TPSA) is 73.1 Å². The van der Waals surface area contributed by atoms with Gasteiger partial charge in [0.05, 0.1) is 18.3 Å². The van der Waals surface area contributed by atoms with Crippen molar-refractivity contribution in [2.24, 2.45) is 5.73 Å². The van der Waals surface area contributed by atoms with Gasteiger partial charge in [-0.25, -0.2) is 4.98 Å². The van der Waals surface area contributed by atoms with E-state index >= 15 is 0 Å². The van der Waals surface area contributed by atoms with Crippen molar-refractivity contribution in [3.63, 3.8) is 0 Å². The molecule has 0 radical (unpaired) electrons. The first kappa shape index (κ1) is 16.2. The zero-order chi connectivity index (χ0) is 16.8. The minimum Gasteiger partial charge on any atom is -0.497 e. The van der Waals surface area contributed by atoms with Crippen LogP contribution in [0.3, 0.4) is 0 Å². The number of anilines is 1. The van der Waals surface area contributed by atoms with Gasteiger partial charge in [0.25, 0.3) is 0 Å². The van der Waals surface area contributed by atoms with Crippen LogP contribution in [0.2, 0.25) is 0 Å². The lowest BCUT2D eigenvalue weighted by atomic mass is 10.1. The molecule has 0 saturated heterocycles. The molecule has 0 amide bonds. The van der Waals surface area contributed by atoms with Crippen molar-refractivity contribution in [1.82, 2.24) is 9.97 Å². The molecule has 124 valence electrons. The maximum Gasteiger partial charge on any atom is 0.136 e. The summed E-state index contributed by atoms with van der Waals surface area (Å²) in [4.78, 5) is 9.28. The van der Waals surface area contributed by atoms with E-state index in [9.17, 15) is 0 Å². The summed E-state index contributed by atoms with van der Waals surface area (Å²) in [5.41, 5.74) is 8.42. The van der Waals surface area contributed by atoms with Crippen LogP contribution in [0.5, 0.6) is 5.75 Å². The Kier molecular flexibility index (Phi) is 5.23. The third-order valence-electron chi connectivity index (χ3n) is 3.91. The average Bonchev–Trinajstić information content (AvgIpc) is 2.65. The van der Waals surface area contributed by atoms with E-state index in [0.29, 0.717) is 6.54 Å². The van der Waals surface area contributed by atoms with Crippen molar-refractivity contribution in [2.75, 3.05) is 25.5 Å². The van der Waals surface area contributed by atoms with Crippen LogP contribution in [0.1, 0.15) is 12.8 Å². The van der Waals surface area contributed by atoms with Crippen molar-refractivity contribution in [2.45, 2.75) is 12.8 Å². The van der Waals surface area contributed by atoms with Gasteiger partial charge in [-0.1, -0.05) is 0 Å². The number of nitrogens with one attached hydrogen (secondary N) is 1. The number of benzene rings is 1. The highest BCUT2D eigenvalue weighted by Gasteiger charge is 2.08. The molecule has 0 aliphatic rings. The molecule has 2 heterocycles. The van der Waals surface area contributed by atoms with Gasteiger partial charge < -0.3 is 15.8 Å². The lowest BCUT2D eigenvalue weighted by molar-refractivity contribution is 0.415. The largest absolute Gasteiger partial charge is 0.497 e. The zero-order valence-electron chi connectivity index (χ0n) is 13.8. The number of hydrogen-bond donors (Lipinski definition) is 2. The highest BCUT2D eigenvalue weighted by Crippen LogP contribution is 2.27. The van der Waals surface area contributed by atoms with Crippen molar-refractivity contribution in [3.05, 3.63) is 48.7 Å². The van der Waals surface area contributed by atoms with Gasteiger partial charge in [0.2, 0.25) is 0 Å². The van der Waals surface area contributed by atoms with Crippen LogP contribution in [0, 0.1) is 0 Å². The fraction of sp³-hybridized carbons (Fsp3) is 0.263. The van der Waals surface area contributed by atoms with E-state index in [1.807, 2.05) is 42.5 Å². The Hall–Kier alpha value is -2.66. The summed E-state index contributed by atoms with van der Waals surface area (Å²) in [6, 6.07) is 13.9. The Bertz CT molecular complexity index is 802. The normalized spacial score (nSPS) is 10.8. The summed E-state index contributed by atoms with van der Waals surface area (Å²) in [5, 5.41) is 4.45. The van der Waals surface area contributed by atoms with Crippen LogP contribution in [-0.2, 0) is 0 Å². The van der Waals surface area contributed by atoms with E-state index in [1.54, 1.807) is 13.3 Å². The molecule has 0 atom stereocenters. The molecule has 0 fully saturated rings. The first-order valence-electron chi connectivity index (χ1n) is 8.16. The number of pyridine rings is 2. The molecular formula is C19H22N4O. The number of ether oxygens (including phenoxy) is 1. The van der Waals surface area contributed by atoms with E-state index < -0.39 is 0 Å². The van der Waals surface area contributed by atoms with Crippen LogP contribution in [0.4, 0.5) is 5.82 Å². The molecule has 2 aromatic heterocycles. The van der Waals surface area contributed by atoms with Gasteiger partial charge in [0.1, 0.15) is 11.6 Å². The molecule has 3 rings (SSSR count). The third-order valence-corrected chi connectivity index (χ3v) is 3.91. The van der Waals surface area contributed by atoms with Gasteiger partial charge in [-0.2, -0.15) is 0 Å². The molecule has 0 unspecified atom stereocenters. The van der Waals surface area contributed by atoms with E-state index in [1.165, 1.54) is 0 Å². The Morgan fingerprint density at radius 3 is 2.71 bits per heavy atom. The molecule has 0 aliphatic heterocycles. The number of unbranched alkanes of at least 4 members (excludes halogenated alkanes) is 1. The minimum atomic E-state index is 0.712. The van der Waals surface area contributed by atoms with Gasteiger partial charge in [-0.3, -0.25) is 4.98 Å². The second kappa shape index (κ2) is 7.75. The maximum atomic E-state index is 5.56. The van der Waals surface area contributed by atoms with Crippen molar-refractivity contribution >= 4 is 16.7 Å². The highest BCUT2D eigenvalue weighted by molar-refractivity contribution is 5.91. The second-order valence-electron chi connectivity index (χ2n) is 5.58. The minimum absolute atomic E-state index is 0.712. The Labute approximate surface area is 141 Å². The number of nitrogens with zero attached hydrogens (tertiary/aromatic N) is 2. The van der Waals surface area contributed by atoms with Crippen LogP contribution in [0.15, 0.2) is 48.7 Å². The molecular weight excluding hydrogens is 300 g/mol. The van der Waals surface area contributed by atoms with E-state index in [2.05, 4.69) is 10.3 Å². The van der Waals surface area contributed by atoms with Gasteiger partial charge >= 0.3 is 0 Å². The predicted octanol–water partition coefficient (Wildman–Crippen LogP) is 3.46. The number of methoxy groups -OCH3 is 1. The summed E-state index contributed by atoms with van der Waals surface area (Å²) < 4.78 is 5.22. The van der Waals surface area contributed by atoms with Gasteiger partial charge in [0.15, 0.2) is 0 Å². The van der Waals surface area contributed by atoms with Crippen LogP contribution < -0.4 is 15.8 Å². The summed E-state index contributed by atoms with van der Waals surface area (Å²) in [6.45, 7) is 1.56. The summed E-state index contributed by atoms with van der Waals surface area (Å²) in [7, 11) is 1.66. The Morgan fingerprint density at radius 1 is 1.12 bits per heavy atom. The van der Waals surface area contributed by atoms with Crippen LogP contribution in [0.25, 0.3) is 22.2 Å². The highest BCUT2D eigenvalue weighted by atomic mass is 16.5. The van der Waals surface area contributed by atoms with Crippen molar-refractivity contribution in [3.8, 4) is 17.0 Å². The van der Waals surface area contributed by atoms with E-state index in [0.717, 1.165) is 53.1 Å². The Morgan fingerprint density at radius 2 is 1.96 bits per heavy atom. The van der Waals surface area contributed by atoms with Crippen LogP contribution >= 0.6 is 0 Å². The summed E-state index contributed by atoms with van der Waals surface area (Å²) >= 11 is 0. The first-order valence-corrected chi connectivity index (χ1v) is 8.16. The summed E-state index contributed by atoms with van der Waals surface area (Å²) in [5.74, 6) is 1.70. The molecule has 3 aromatic rings. The van der Waals surface area contributed by atoms with Crippen LogP contribution in [-0.4, -0.2) is 30.2 Å². The smallest absolute Gasteiger partial charge is 0.136 e. The van der Waals surface area contributed by atoms with Gasteiger partial charge in [-0.15, -0.1) is 0 Å². The monoisotopic (exact) mass is 322 g/mol. The zero-order valence-corrected chi connectivity index (χ0v) is 13.8. The molecule has 5 heteroatoms. The fourth-order valence-electron chi connectivity index (χ4n) is 2.60. The summed E-state index contributed by atoms with van der Waals surface area (Å²) in [6.07, 6.45) is 3.83. The fourth-order valence-corrected chi connectivity index (χ4v) is 2.60. The molecule has 3 N–H and O–H groups in total. The lowest BCUT2D eigenvalue weighted by Crippen LogP contribution is -2.07.